The molecule has 11 heavy (non-hydrogen) atoms. The van der Waals surface area contributed by atoms with Gasteiger partial charge in [0.15, 0.2) is 0 Å². The Labute approximate surface area is 68.9 Å². The summed E-state index contributed by atoms with van der Waals surface area (Å²) < 4.78 is 26.2. The van der Waals surface area contributed by atoms with E-state index in [0.29, 0.717) is 12.3 Å². The molecule has 0 aromatic carbocycles. The van der Waals surface area contributed by atoms with Gasteiger partial charge in [-0.25, -0.2) is 8.78 Å². The molecule has 0 aliphatic heterocycles. The molecule has 0 aromatic heterocycles. The van der Waals surface area contributed by atoms with Gasteiger partial charge < -0.3 is 0 Å². The molecule has 3 saturated carbocycles. The van der Waals surface area contributed by atoms with Crippen molar-refractivity contribution in [3.63, 3.8) is 0 Å². The SMILES string of the molecule is FC1(F)[C@@H]2[C@@H](Cl)[C@H]3C[C@@H]2[C@@H]1C3. The van der Waals surface area contributed by atoms with Crippen molar-refractivity contribution in [1.82, 2.24) is 0 Å². The number of hydrogen-bond acceptors (Lipinski definition) is 0. The summed E-state index contributed by atoms with van der Waals surface area (Å²) in [5.41, 5.74) is 0. The van der Waals surface area contributed by atoms with Crippen LogP contribution in [-0.4, -0.2) is 11.3 Å². The van der Waals surface area contributed by atoms with Crippen molar-refractivity contribution < 1.29 is 8.78 Å². The monoisotopic (exact) mass is 178 g/mol. The first-order chi connectivity index (χ1) is 5.12. The topological polar surface area (TPSA) is 0 Å². The molecule has 62 valence electrons. The lowest BCUT2D eigenvalue weighted by Gasteiger charge is -2.51. The Hall–Kier alpha value is 0.150. The number of rotatable bonds is 0. The predicted octanol–water partition coefficient (Wildman–Crippen LogP) is 2.51. The maximum atomic E-state index is 13.1. The summed E-state index contributed by atoms with van der Waals surface area (Å²) in [4.78, 5) is 0. The van der Waals surface area contributed by atoms with Crippen LogP contribution in [0.25, 0.3) is 0 Å². The first-order valence-corrected chi connectivity index (χ1v) is 4.58. The van der Waals surface area contributed by atoms with E-state index in [0.717, 1.165) is 6.42 Å². The van der Waals surface area contributed by atoms with Gasteiger partial charge in [0.2, 0.25) is 0 Å². The predicted molar refractivity (Wildman–Crippen MR) is 37.8 cm³/mol. The highest BCUT2D eigenvalue weighted by atomic mass is 35.5. The highest BCUT2D eigenvalue weighted by Crippen LogP contribution is 2.71. The fraction of sp³-hybridized carbons (Fsp3) is 1.00. The van der Waals surface area contributed by atoms with Crippen LogP contribution in [0.15, 0.2) is 0 Å². The zero-order valence-electron chi connectivity index (χ0n) is 5.93. The van der Waals surface area contributed by atoms with Crippen LogP contribution in [0.2, 0.25) is 0 Å². The van der Waals surface area contributed by atoms with E-state index in [9.17, 15) is 8.78 Å². The lowest BCUT2D eigenvalue weighted by atomic mass is 9.60. The maximum Gasteiger partial charge on any atom is 0.255 e. The van der Waals surface area contributed by atoms with Crippen LogP contribution >= 0.6 is 11.6 Å². The molecule has 0 unspecified atom stereocenters. The minimum absolute atomic E-state index is 0.222. The summed E-state index contributed by atoms with van der Waals surface area (Å²) in [6, 6.07) is 0. The Morgan fingerprint density at radius 2 is 2.00 bits per heavy atom. The fourth-order valence-corrected chi connectivity index (χ4v) is 3.93. The Bertz CT molecular complexity index is 214. The average Bonchev–Trinajstić information content (AvgIpc) is 2.39. The zero-order valence-corrected chi connectivity index (χ0v) is 6.69. The Morgan fingerprint density at radius 1 is 1.27 bits per heavy atom. The second-order valence-corrected chi connectivity index (χ2v) is 4.65. The summed E-state index contributed by atoms with van der Waals surface area (Å²) in [5.74, 6) is -2.49. The quantitative estimate of drug-likeness (QED) is 0.500. The summed E-state index contributed by atoms with van der Waals surface area (Å²) in [5, 5.41) is -0.222. The van der Waals surface area contributed by atoms with Crippen molar-refractivity contribution in [1.29, 1.82) is 0 Å². The third-order valence-electron chi connectivity index (χ3n) is 3.84. The second kappa shape index (κ2) is 1.59. The van der Waals surface area contributed by atoms with Gasteiger partial charge in [-0.05, 0) is 24.7 Å². The van der Waals surface area contributed by atoms with Crippen LogP contribution in [0, 0.1) is 23.7 Å². The molecule has 5 atom stereocenters. The zero-order chi connectivity index (χ0) is 7.80. The standard InChI is InChI=1S/C8H9ClF2/c9-7-3-1-4-5(2-3)8(10,11)6(4)7/h3-7H,1-2H2/t3-,4+,5-,6-,7-/m0/s1. The molecule has 3 fully saturated rings. The molecule has 3 heteroatoms. The van der Waals surface area contributed by atoms with Gasteiger partial charge in [-0.1, -0.05) is 0 Å². The van der Waals surface area contributed by atoms with Crippen LogP contribution in [-0.2, 0) is 0 Å². The van der Waals surface area contributed by atoms with E-state index in [1.165, 1.54) is 0 Å². The van der Waals surface area contributed by atoms with Crippen LogP contribution in [0.4, 0.5) is 8.78 Å². The first-order valence-electron chi connectivity index (χ1n) is 4.14. The van der Waals surface area contributed by atoms with Gasteiger partial charge in [-0.15, -0.1) is 11.6 Å². The average molecular weight is 179 g/mol. The smallest absolute Gasteiger partial charge is 0.206 e. The van der Waals surface area contributed by atoms with E-state index in [1.54, 1.807) is 0 Å². The summed E-state index contributed by atoms with van der Waals surface area (Å²) in [7, 11) is 0. The molecule has 2 bridgehead atoms. The molecular formula is C8H9ClF2. The number of hydrogen-bond donors (Lipinski definition) is 0. The lowest BCUT2D eigenvalue weighted by Crippen LogP contribution is -2.59. The maximum absolute atomic E-state index is 13.1. The van der Waals surface area contributed by atoms with E-state index in [4.69, 9.17) is 11.6 Å². The molecule has 3 rings (SSSR count). The van der Waals surface area contributed by atoms with E-state index in [2.05, 4.69) is 0 Å². The van der Waals surface area contributed by atoms with Crippen molar-refractivity contribution in [3.05, 3.63) is 0 Å². The van der Waals surface area contributed by atoms with Gasteiger partial charge in [0.1, 0.15) is 0 Å². The van der Waals surface area contributed by atoms with Crippen LogP contribution in [0.3, 0.4) is 0 Å². The highest BCUT2D eigenvalue weighted by Gasteiger charge is 2.75. The van der Waals surface area contributed by atoms with E-state index < -0.39 is 11.8 Å². The largest absolute Gasteiger partial charge is 0.255 e. The number of alkyl halides is 3. The molecule has 0 nitrogen and oxygen atoms in total. The van der Waals surface area contributed by atoms with Crippen LogP contribution in [0.5, 0.6) is 0 Å². The van der Waals surface area contributed by atoms with Gasteiger partial charge in [-0.3, -0.25) is 0 Å². The summed E-state index contributed by atoms with van der Waals surface area (Å²) in [6.45, 7) is 0. The minimum atomic E-state index is -2.41. The van der Waals surface area contributed by atoms with E-state index in [-0.39, 0.29) is 17.2 Å². The summed E-state index contributed by atoms with van der Waals surface area (Å²) >= 11 is 5.90. The fourth-order valence-electron chi connectivity index (χ4n) is 3.37. The molecule has 3 aliphatic rings. The Balaban J connectivity index is 2.01. The van der Waals surface area contributed by atoms with Gasteiger partial charge in [0.25, 0.3) is 5.92 Å². The van der Waals surface area contributed by atoms with Crippen molar-refractivity contribution >= 4 is 11.6 Å². The number of halogens is 3. The Kier molecular flexibility index (Phi) is 0.958. The molecule has 0 radical (unpaired) electrons. The molecule has 0 saturated heterocycles. The molecule has 3 aliphatic carbocycles. The first kappa shape index (κ1) is 6.64. The van der Waals surface area contributed by atoms with Crippen LogP contribution < -0.4 is 0 Å². The molecule has 0 heterocycles. The van der Waals surface area contributed by atoms with Gasteiger partial charge >= 0.3 is 0 Å². The van der Waals surface area contributed by atoms with Crippen LogP contribution in [0.1, 0.15) is 12.8 Å². The summed E-state index contributed by atoms with van der Waals surface area (Å²) in [6.07, 6.45) is 1.65. The Morgan fingerprint density at radius 3 is 2.36 bits per heavy atom. The van der Waals surface area contributed by atoms with E-state index >= 15 is 0 Å². The third-order valence-corrected chi connectivity index (χ3v) is 4.47. The van der Waals surface area contributed by atoms with Crippen molar-refractivity contribution in [2.75, 3.05) is 0 Å². The van der Waals surface area contributed by atoms with Crippen molar-refractivity contribution in [2.24, 2.45) is 23.7 Å². The molecule has 0 N–H and O–H groups in total. The lowest BCUT2D eigenvalue weighted by molar-refractivity contribution is -0.225. The van der Waals surface area contributed by atoms with E-state index in [1.807, 2.05) is 0 Å². The minimum Gasteiger partial charge on any atom is -0.206 e. The second-order valence-electron chi connectivity index (χ2n) is 4.15. The molecule has 0 aromatic rings. The van der Waals surface area contributed by atoms with Gasteiger partial charge in [0.05, 0.1) is 0 Å². The molecule has 0 spiro atoms. The van der Waals surface area contributed by atoms with Gasteiger partial charge in [0, 0.05) is 17.2 Å². The van der Waals surface area contributed by atoms with Gasteiger partial charge in [-0.2, -0.15) is 0 Å². The van der Waals surface area contributed by atoms with Crippen molar-refractivity contribution in [2.45, 2.75) is 24.1 Å². The van der Waals surface area contributed by atoms with Crippen molar-refractivity contribution in [3.8, 4) is 0 Å². The molecule has 0 amide bonds. The highest BCUT2D eigenvalue weighted by molar-refractivity contribution is 6.21. The molecular weight excluding hydrogens is 170 g/mol. The third kappa shape index (κ3) is 0.516. The normalized spacial score (nSPS) is 63.0. The number of fused-ring (bicyclic) bond motifs is 1.